The molecule has 214 valence electrons. The fourth-order valence-electron chi connectivity index (χ4n) is 4.50. The Morgan fingerprint density at radius 2 is 1.52 bits per heavy atom. The van der Waals surface area contributed by atoms with Crippen LogP contribution < -0.4 is 9.62 Å². The minimum atomic E-state index is -4.09. The molecule has 0 unspecified atom stereocenters. The van der Waals surface area contributed by atoms with Crippen LogP contribution in [0.5, 0.6) is 0 Å². The molecule has 3 rings (SSSR count). The summed E-state index contributed by atoms with van der Waals surface area (Å²) < 4.78 is 29.2. The zero-order chi connectivity index (χ0) is 29.4. The van der Waals surface area contributed by atoms with Crippen LogP contribution >= 0.6 is 0 Å². The van der Waals surface area contributed by atoms with Crippen LogP contribution in [0.4, 0.5) is 5.69 Å². The summed E-state index contributed by atoms with van der Waals surface area (Å²) >= 11 is 0. The minimum Gasteiger partial charge on any atom is -0.354 e. The summed E-state index contributed by atoms with van der Waals surface area (Å²) in [6.45, 7) is 11.8. The van der Waals surface area contributed by atoms with Gasteiger partial charge in [0.15, 0.2) is 0 Å². The van der Waals surface area contributed by atoms with Crippen LogP contribution in [0.3, 0.4) is 0 Å². The summed E-state index contributed by atoms with van der Waals surface area (Å²) in [5.74, 6) is -0.693. The zero-order valence-electron chi connectivity index (χ0n) is 24.4. The molecule has 1 atom stereocenters. The summed E-state index contributed by atoms with van der Waals surface area (Å²) in [5, 5.41) is 2.91. The average molecular weight is 564 g/mol. The van der Waals surface area contributed by atoms with Crippen LogP contribution in [-0.4, -0.2) is 44.3 Å². The third-order valence-corrected chi connectivity index (χ3v) is 8.99. The Labute approximate surface area is 239 Å². The topological polar surface area (TPSA) is 86.8 Å². The molecule has 40 heavy (non-hydrogen) atoms. The summed E-state index contributed by atoms with van der Waals surface area (Å²) in [5.41, 5.74) is 5.15. The molecule has 2 amide bonds. The number of amides is 2. The van der Waals surface area contributed by atoms with E-state index in [-0.39, 0.29) is 17.3 Å². The molecule has 0 saturated heterocycles. The minimum absolute atomic E-state index is 0.0994. The van der Waals surface area contributed by atoms with Crippen molar-refractivity contribution in [3.8, 4) is 0 Å². The Morgan fingerprint density at radius 3 is 2.12 bits per heavy atom. The number of aryl methyl sites for hydroxylation is 4. The fourth-order valence-corrected chi connectivity index (χ4v) is 5.91. The molecule has 0 aliphatic rings. The van der Waals surface area contributed by atoms with Crippen molar-refractivity contribution in [1.82, 2.24) is 10.2 Å². The van der Waals surface area contributed by atoms with Crippen molar-refractivity contribution in [3.05, 3.63) is 94.5 Å². The van der Waals surface area contributed by atoms with E-state index in [9.17, 15) is 18.0 Å². The maximum atomic E-state index is 14.1. The fraction of sp³-hybridized carbons (Fsp3) is 0.375. The number of sulfonamides is 1. The third kappa shape index (κ3) is 7.30. The normalized spacial score (nSPS) is 12.1. The molecule has 0 aliphatic heterocycles. The SMILES string of the molecule is CCCNC(=O)[C@H](CC)N(Cc1ccccc1C)C(=O)CN(c1ccc(C)c(C)c1)S(=O)(=O)c1ccc(C)cc1. The molecule has 0 saturated carbocycles. The van der Waals surface area contributed by atoms with Crippen molar-refractivity contribution in [2.45, 2.75) is 71.9 Å². The smallest absolute Gasteiger partial charge is 0.264 e. The predicted molar refractivity (Wildman–Crippen MR) is 161 cm³/mol. The number of anilines is 1. The number of hydrogen-bond acceptors (Lipinski definition) is 4. The number of benzene rings is 3. The van der Waals surface area contributed by atoms with E-state index < -0.39 is 28.5 Å². The highest BCUT2D eigenvalue weighted by Crippen LogP contribution is 2.27. The third-order valence-electron chi connectivity index (χ3n) is 7.20. The molecule has 0 heterocycles. The van der Waals surface area contributed by atoms with E-state index in [0.717, 1.165) is 38.5 Å². The van der Waals surface area contributed by atoms with E-state index in [2.05, 4.69) is 5.32 Å². The van der Waals surface area contributed by atoms with Crippen LogP contribution in [-0.2, 0) is 26.2 Å². The van der Waals surface area contributed by atoms with Crippen LogP contribution in [0.2, 0.25) is 0 Å². The number of nitrogens with zero attached hydrogens (tertiary/aromatic N) is 2. The summed E-state index contributed by atoms with van der Waals surface area (Å²) in [4.78, 5) is 29.0. The highest BCUT2D eigenvalue weighted by atomic mass is 32.2. The largest absolute Gasteiger partial charge is 0.354 e. The van der Waals surface area contributed by atoms with E-state index in [0.29, 0.717) is 18.7 Å². The summed E-state index contributed by atoms with van der Waals surface area (Å²) in [7, 11) is -4.09. The predicted octanol–water partition coefficient (Wildman–Crippen LogP) is 5.45. The lowest BCUT2D eigenvalue weighted by Gasteiger charge is -2.33. The molecule has 8 heteroatoms. The van der Waals surface area contributed by atoms with Gasteiger partial charge < -0.3 is 10.2 Å². The number of carbonyl (C=O) groups excluding carboxylic acids is 2. The molecule has 0 aliphatic carbocycles. The van der Waals surface area contributed by atoms with Gasteiger partial charge in [-0.1, -0.05) is 61.9 Å². The molecular formula is C32H41N3O4S. The van der Waals surface area contributed by atoms with E-state index >= 15 is 0 Å². The first-order valence-electron chi connectivity index (χ1n) is 13.8. The van der Waals surface area contributed by atoms with Gasteiger partial charge in [-0.3, -0.25) is 13.9 Å². The van der Waals surface area contributed by atoms with E-state index in [1.54, 1.807) is 36.4 Å². The highest BCUT2D eigenvalue weighted by Gasteiger charge is 2.33. The van der Waals surface area contributed by atoms with Crippen molar-refractivity contribution < 1.29 is 18.0 Å². The van der Waals surface area contributed by atoms with Crippen molar-refractivity contribution in [1.29, 1.82) is 0 Å². The lowest BCUT2D eigenvalue weighted by molar-refractivity contribution is -0.140. The van der Waals surface area contributed by atoms with Gasteiger partial charge >= 0.3 is 0 Å². The van der Waals surface area contributed by atoms with Gasteiger partial charge in [-0.25, -0.2) is 8.42 Å². The van der Waals surface area contributed by atoms with Gasteiger partial charge in [0.25, 0.3) is 10.0 Å². The molecule has 3 aromatic carbocycles. The molecule has 0 spiro atoms. The van der Waals surface area contributed by atoms with Gasteiger partial charge in [-0.05, 0) is 87.1 Å². The van der Waals surface area contributed by atoms with Crippen molar-refractivity contribution in [3.63, 3.8) is 0 Å². The van der Waals surface area contributed by atoms with Crippen LogP contribution in [0.1, 0.15) is 54.5 Å². The van der Waals surface area contributed by atoms with Crippen molar-refractivity contribution in [2.75, 3.05) is 17.4 Å². The summed E-state index contributed by atoms with van der Waals surface area (Å²) in [6, 6.07) is 18.9. The number of nitrogens with one attached hydrogen (secondary N) is 1. The first kappa shape index (κ1) is 30.9. The number of rotatable bonds is 12. The number of carbonyl (C=O) groups is 2. The first-order chi connectivity index (χ1) is 19.0. The van der Waals surface area contributed by atoms with Gasteiger partial charge in [0.05, 0.1) is 10.6 Å². The zero-order valence-corrected chi connectivity index (χ0v) is 25.2. The van der Waals surface area contributed by atoms with Crippen LogP contribution in [0, 0.1) is 27.7 Å². The van der Waals surface area contributed by atoms with E-state index in [4.69, 9.17) is 0 Å². The Hall–Kier alpha value is -3.65. The highest BCUT2D eigenvalue weighted by molar-refractivity contribution is 7.92. The number of hydrogen-bond donors (Lipinski definition) is 1. The molecule has 1 N–H and O–H groups in total. The molecule has 0 radical (unpaired) electrons. The first-order valence-corrected chi connectivity index (χ1v) is 15.2. The maximum Gasteiger partial charge on any atom is 0.264 e. The summed E-state index contributed by atoms with van der Waals surface area (Å²) in [6.07, 6.45) is 1.16. The molecule has 0 aromatic heterocycles. The maximum absolute atomic E-state index is 14.1. The van der Waals surface area contributed by atoms with E-state index in [1.165, 1.54) is 4.90 Å². The van der Waals surface area contributed by atoms with E-state index in [1.807, 2.05) is 71.9 Å². The van der Waals surface area contributed by atoms with Gasteiger partial charge in [0, 0.05) is 13.1 Å². The average Bonchev–Trinajstić information content (AvgIpc) is 2.93. The quantitative estimate of drug-likeness (QED) is 0.318. The van der Waals surface area contributed by atoms with Crippen LogP contribution in [0.15, 0.2) is 71.6 Å². The lowest BCUT2D eigenvalue weighted by Crippen LogP contribution is -2.52. The molecule has 3 aromatic rings. The molecule has 0 fully saturated rings. The Morgan fingerprint density at radius 1 is 0.850 bits per heavy atom. The Balaban J connectivity index is 2.09. The monoisotopic (exact) mass is 563 g/mol. The Kier molecular flexibility index (Phi) is 10.5. The Bertz CT molecular complexity index is 1430. The second-order valence-electron chi connectivity index (χ2n) is 10.3. The van der Waals surface area contributed by atoms with Gasteiger partial charge in [0.2, 0.25) is 11.8 Å². The van der Waals surface area contributed by atoms with Gasteiger partial charge in [-0.15, -0.1) is 0 Å². The van der Waals surface area contributed by atoms with Gasteiger partial charge in [-0.2, -0.15) is 0 Å². The second-order valence-corrected chi connectivity index (χ2v) is 12.1. The second kappa shape index (κ2) is 13.6. The molecule has 0 bridgehead atoms. The van der Waals surface area contributed by atoms with Crippen LogP contribution in [0.25, 0.3) is 0 Å². The van der Waals surface area contributed by atoms with Crippen molar-refractivity contribution in [2.24, 2.45) is 0 Å². The van der Waals surface area contributed by atoms with Crippen molar-refractivity contribution >= 4 is 27.5 Å². The molecular weight excluding hydrogens is 522 g/mol. The lowest BCUT2D eigenvalue weighted by atomic mass is 10.1. The molecule has 7 nitrogen and oxygen atoms in total. The van der Waals surface area contributed by atoms with Gasteiger partial charge in [0.1, 0.15) is 12.6 Å². The standard InChI is InChI=1S/C32H41N3O4S/c1-7-19-33-32(37)30(8-2)34(21-27-12-10-9-11-25(27)5)31(36)22-35(28-16-15-24(4)26(6)20-28)40(38,39)29-17-13-23(3)14-18-29/h9-18,20,30H,7-8,19,21-22H2,1-6H3,(H,33,37)/t30-/m0/s1.